The molecule has 2 aliphatic heterocycles. The molecule has 1 atom stereocenters. The maximum absolute atomic E-state index is 9.69. The lowest BCUT2D eigenvalue weighted by atomic mass is 9.87. The van der Waals surface area contributed by atoms with Crippen LogP contribution in [-0.4, -0.2) is 36.2 Å². The Morgan fingerprint density at radius 2 is 1.65 bits per heavy atom. The Balaban J connectivity index is 1.34. The van der Waals surface area contributed by atoms with Crippen molar-refractivity contribution in [2.45, 2.75) is 38.7 Å². The maximum atomic E-state index is 9.69. The van der Waals surface area contributed by atoms with Crippen LogP contribution < -0.4 is 9.47 Å². The monoisotopic (exact) mass is 455 g/mol. The Kier molecular flexibility index (Phi) is 6.87. The molecule has 1 N–H and O–H groups in total. The quantitative estimate of drug-likeness (QED) is 0.447. The van der Waals surface area contributed by atoms with Gasteiger partial charge in [0.05, 0.1) is 0 Å². The Hall–Kier alpha value is -3.24. The number of ether oxygens (including phenoxy) is 2. The summed E-state index contributed by atoms with van der Waals surface area (Å²) >= 11 is 0. The predicted octanol–water partition coefficient (Wildman–Crippen LogP) is 6.41. The van der Waals surface area contributed by atoms with E-state index in [0.717, 1.165) is 47.8 Å². The Bertz CT molecular complexity index is 1130. The van der Waals surface area contributed by atoms with Crippen molar-refractivity contribution in [1.29, 1.82) is 0 Å². The third-order valence-electron chi connectivity index (χ3n) is 6.97. The van der Waals surface area contributed by atoms with E-state index in [1.807, 2.05) is 24.3 Å². The fourth-order valence-corrected chi connectivity index (χ4v) is 4.99. The van der Waals surface area contributed by atoms with Gasteiger partial charge in [0.1, 0.15) is 30.0 Å². The van der Waals surface area contributed by atoms with Crippen LogP contribution in [0.1, 0.15) is 49.0 Å². The van der Waals surface area contributed by atoms with Crippen LogP contribution in [0.15, 0.2) is 78.4 Å². The summed E-state index contributed by atoms with van der Waals surface area (Å²) in [5.41, 5.74) is 5.90. The van der Waals surface area contributed by atoms with Gasteiger partial charge in [0.25, 0.3) is 0 Å². The number of phenols is 1. The highest BCUT2D eigenvalue weighted by Gasteiger charge is 2.28. The number of nitrogens with zero attached hydrogens (tertiary/aromatic N) is 1. The van der Waals surface area contributed by atoms with Crippen molar-refractivity contribution in [1.82, 2.24) is 4.90 Å². The molecule has 1 fully saturated rings. The number of piperidine rings is 1. The SMILES string of the molecule is CC1=C(Cc2ccc(O)cc2)C(c2ccc(OCCN3CCCCC3)cc2)Oc2ccccc21. The molecular formula is C30H33NO3. The highest BCUT2D eigenvalue weighted by Crippen LogP contribution is 2.43. The van der Waals surface area contributed by atoms with Crippen molar-refractivity contribution in [3.63, 3.8) is 0 Å². The van der Waals surface area contributed by atoms with Gasteiger partial charge in [-0.25, -0.2) is 0 Å². The first-order valence-corrected chi connectivity index (χ1v) is 12.4. The normalized spacial score (nSPS) is 18.3. The summed E-state index contributed by atoms with van der Waals surface area (Å²) in [6.45, 7) is 6.28. The Morgan fingerprint density at radius 1 is 0.912 bits per heavy atom. The number of phenolic OH excluding ortho intramolecular Hbond substituents is 1. The van der Waals surface area contributed by atoms with E-state index in [1.165, 1.54) is 43.5 Å². The number of benzene rings is 3. The van der Waals surface area contributed by atoms with Gasteiger partial charge in [-0.3, -0.25) is 4.90 Å². The Morgan fingerprint density at radius 3 is 2.41 bits per heavy atom. The zero-order valence-corrected chi connectivity index (χ0v) is 19.9. The molecule has 0 spiro atoms. The Labute approximate surface area is 202 Å². The number of fused-ring (bicyclic) bond motifs is 1. The van der Waals surface area contributed by atoms with Crippen LogP contribution in [-0.2, 0) is 6.42 Å². The number of rotatable bonds is 7. The van der Waals surface area contributed by atoms with Gasteiger partial charge in [-0.1, -0.05) is 48.9 Å². The van der Waals surface area contributed by atoms with E-state index in [0.29, 0.717) is 0 Å². The van der Waals surface area contributed by atoms with Gasteiger partial charge >= 0.3 is 0 Å². The summed E-state index contributed by atoms with van der Waals surface area (Å²) in [4.78, 5) is 2.49. The molecule has 3 aromatic rings. The fraction of sp³-hybridized carbons (Fsp3) is 0.333. The maximum Gasteiger partial charge on any atom is 0.146 e. The zero-order valence-electron chi connectivity index (χ0n) is 19.9. The molecular weight excluding hydrogens is 422 g/mol. The second-order valence-corrected chi connectivity index (χ2v) is 9.31. The average molecular weight is 456 g/mol. The van der Waals surface area contributed by atoms with Crippen LogP contribution in [0.4, 0.5) is 0 Å². The molecule has 0 radical (unpaired) electrons. The lowest BCUT2D eigenvalue weighted by molar-refractivity contribution is 0.183. The topological polar surface area (TPSA) is 41.9 Å². The van der Waals surface area contributed by atoms with Gasteiger partial charge < -0.3 is 14.6 Å². The number of likely N-dealkylation sites (tertiary alicyclic amines) is 1. The highest BCUT2D eigenvalue weighted by molar-refractivity contribution is 5.75. The minimum Gasteiger partial charge on any atom is -0.508 e. The van der Waals surface area contributed by atoms with Crippen LogP contribution in [0.3, 0.4) is 0 Å². The summed E-state index contributed by atoms with van der Waals surface area (Å²) < 4.78 is 12.6. The third-order valence-corrected chi connectivity index (χ3v) is 6.97. The molecule has 0 amide bonds. The number of hydrogen-bond donors (Lipinski definition) is 1. The third kappa shape index (κ3) is 5.13. The molecule has 34 heavy (non-hydrogen) atoms. The molecule has 0 aromatic heterocycles. The van der Waals surface area contributed by atoms with Gasteiger partial charge in [-0.15, -0.1) is 0 Å². The van der Waals surface area contributed by atoms with Crippen molar-refractivity contribution in [3.8, 4) is 17.2 Å². The number of aromatic hydroxyl groups is 1. The van der Waals surface area contributed by atoms with Gasteiger partial charge in [0.15, 0.2) is 0 Å². The average Bonchev–Trinajstić information content (AvgIpc) is 2.88. The summed E-state index contributed by atoms with van der Waals surface area (Å²) in [6, 6.07) is 24.1. The van der Waals surface area contributed by atoms with Crippen molar-refractivity contribution in [2.75, 3.05) is 26.2 Å². The molecule has 0 aliphatic carbocycles. The molecule has 2 heterocycles. The standard InChI is InChI=1S/C30H33NO3/c1-22-27-7-3-4-8-29(27)34-30(28(22)21-23-9-13-25(32)14-10-23)24-11-15-26(16-12-24)33-20-19-31-17-5-2-6-18-31/h3-4,7-16,30,32H,2,5-6,17-21H2,1H3. The number of hydrogen-bond acceptors (Lipinski definition) is 4. The minimum atomic E-state index is -0.161. The second kappa shape index (κ2) is 10.4. The fourth-order valence-electron chi connectivity index (χ4n) is 4.99. The van der Waals surface area contributed by atoms with E-state index in [9.17, 15) is 5.11 Å². The number of para-hydroxylation sites is 1. The molecule has 1 unspecified atom stereocenters. The lowest BCUT2D eigenvalue weighted by Gasteiger charge is -2.31. The van der Waals surface area contributed by atoms with E-state index >= 15 is 0 Å². The van der Waals surface area contributed by atoms with Gasteiger partial charge in [-0.05, 0) is 91.9 Å². The predicted molar refractivity (Wildman–Crippen MR) is 136 cm³/mol. The summed E-state index contributed by atoms with van der Waals surface area (Å²) in [5.74, 6) is 2.10. The zero-order chi connectivity index (χ0) is 23.3. The molecule has 5 rings (SSSR count). The molecule has 2 aliphatic rings. The van der Waals surface area contributed by atoms with Crippen molar-refractivity contribution < 1.29 is 14.6 Å². The lowest BCUT2D eigenvalue weighted by Crippen LogP contribution is -2.33. The smallest absolute Gasteiger partial charge is 0.146 e. The van der Waals surface area contributed by atoms with Crippen LogP contribution in [0.25, 0.3) is 5.57 Å². The first kappa shape index (κ1) is 22.5. The first-order chi connectivity index (χ1) is 16.7. The first-order valence-electron chi connectivity index (χ1n) is 12.4. The summed E-state index contributed by atoms with van der Waals surface area (Å²) in [5, 5.41) is 9.69. The van der Waals surface area contributed by atoms with Gasteiger partial charge in [-0.2, -0.15) is 0 Å². The van der Waals surface area contributed by atoms with Crippen molar-refractivity contribution >= 4 is 5.57 Å². The van der Waals surface area contributed by atoms with E-state index in [-0.39, 0.29) is 11.9 Å². The van der Waals surface area contributed by atoms with Gasteiger partial charge in [0.2, 0.25) is 0 Å². The summed E-state index contributed by atoms with van der Waals surface area (Å²) in [6.07, 6.45) is 4.57. The minimum absolute atomic E-state index is 0.161. The van der Waals surface area contributed by atoms with Crippen LogP contribution in [0.2, 0.25) is 0 Å². The van der Waals surface area contributed by atoms with E-state index in [2.05, 4.69) is 48.2 Å². The highest BCUT2D eigenvalue weighted by atomic mass is 16.5. The van der Waals surface area contributed by atoms with Crippen LogP contribution >= 0.6 is 0 Å². The second-order valence-electron chi connectivity index (χ2n) is 9.31. The van der Waals surface area contributed by atoms with Crippen LogP contribution in [0, 0.1) is 0 Å². The molecule has 4 nitrogen and oxygen atoms in total. The molecule has 1 saturated heterocycles. The van der Waals surface area contributed by atoms with Crippen molar-refractivity contribution in [2.24, 2.45) is 0 Å². The molecule has 3 aromatic carbocycles. The largest absolute Gasteiger partial charge is 0.508 e. The van der Waals surface area contributed by atoms with E-state index < -0.39 is 0 Å². The molecule has 0 saturated carbocycles. The van der Waals surface area contributed by atoms with Crippen molar-refractivity contribution in [3.05, 3.63) is 95.1 Å². The van der Waals surface area contributed by atoms with Crippen LogP contribution in [0.5, 0.6) is 17.2 Å². The molecule has 176 valence electrons. The van der Waals surface area contributed by atoms with E-state index in [1.54, 1.807) is 12.1 Å². The molecule has 0 bridgehead atoms. The van der Waals surface area contributed by atoms with E-state index in [4.69, 9.17) is 9.47 Å². The number of allylic oxidation sites excluding steroid dienone is 1. The summed E-state index contributed by atoms with van der Waals surface area (Å²) in [7, 11) is 0. The molecule has 4 heteroatoms. The van der Waals surface area contributed by atoms with Gasteiger partial charge in [0, 0.05) is 12.1 Å².